The lowest BCUT2D eigenvalue weighted by Crippen LogP contribution is -2.14. The summed E-state index contributed by atoms with van der Waals surface area (Å²) < 4.78 is 6.60. The zero-order valence-electron chi connectivity index (χ0n) is 9.92. The number of ether oxygens (including phenoxy) is 1. The van der Waals surface area contributed by atoms with Gasteiger partial charge in [-0.15, -0.1) is 0 Å². The van der Waals surface area contributed by atoms with Crippen LogP contribution in [0.5, 0.6) is 11.5 Å². The maximum Gasteiger partial charge on any atom is 0.377 e. The standard InChI is InChI=1S/C14H7BrO4S/c15-7-4-5-9-11(6-7)20-13-8(12(16)14(17)18)2-1-3-10(13)19-9/h1-6H,(H,17,18). The Morgan fingerprint density at radius 1 is 1.15 bits per heavy atom. The van der Waals surface area contributed by atoms with E-state index >= 15 is 0 Å². The van der Waals surface area contributed by atoms with Crippen LogP contribution in [0.1, 0.15) is 10.4 Å². The highest BCUT2D eigenvalue weighted by Gasteiger charge is 2.26. The lowest BCUT2D eigenvalue weighted by molar-refractivity contribution is -0.131. The normalized spacial score (nSPS) is 12.1. The smallest absolute Gasteiger partial charge is 0.377 e. The number of rotatable bonds is 2. The Morgan fingerprint density at radius 3 is 2.70 bits per heavy atom. The molecule has 1 aliphatic rings. The third kappa shape index (κ3) is 2.21. The van der Waals surface area contributed by atoms with E-state index in [2.05, 4.69) is 15.9 Å². The molecule has 0 aliphatic carbocycles. The molecular formula is C14H7BrO4S. The first-order valence-corrected chi connectivity index (χ1v) is 7.23. The number of halogens is 1. The minimum Gasteiger partial charge on any atom is -0.475 e. The number of carboxylic acids is 1. The number of hydrogen-bond acceptors (Lipinski definition) is 4. The second kappa shape index (κ2) is 4.96. The fourth-order valence-corrected chi connectivity index (χ4v) is 3.48. The van der Waals surface area contributed by atoms with E-state index < -0.39 is 11.8 Å². The van der Waals surface area contributed by atoms with Crippen LogP contribution in [0.15, 0.2) is 50.7 Å². The van der Waals surface area contributed by atoms with Crippen molar-refractivity contribution in [3.05, 3.63) is 46.4 Å². The predicted octanol–water partition coefficient (Wildman–Crippen LogP) is 3.97. The molecule has 0 radical (unpaired) electrons. The number of hydrogen-bond donors (Lipinski definition) is 1. The van der Waals surface area contributed by atoms with Crippen molar-refractivity contribution in [2.24, 2.45) is 0 Å². The van der Waals surface area contributed by atoms with E-state index in [0.717, 1.165) is 9.37 Å². The van der Waals surface area contributed by atoms with Gasteiger partial charge in [0.2, 0.25) is 0 Å². The molecule has 0 unspecified atom stereocenters. The van der Waals surface area contributed by atoms with Gasteiger partial charge in [-0.2, -0.15) is 0 Å². The Kier molecular flexibility index (Phi) is 3.27. The molecule has 0 amide bonds. The molecule has 0 saturated heterocycles. The second-order valence-electron chi connectivity index (χ2n) is 4.06. The summed E-state index contributed by atoms with van der Waals surface area (Å²) in [7, 11) is 0. The molecule has 20 heavy (non-hydrogen) atoms. The van der Waals surface area contributed by atoms with E-state index in [9.17, 15) is 9.59 Å². The average Bonchev–Trinajstić information content (AvgIpc) is 2.43. The van der Waals surface area contributed by atoms with Crippen LogP contribution in [0.2, 0.25) is 0 Å². The highest BCUT2D eigenvalue weighted by atomic mass is 79.9. The summed E-state index contributed by atoms with van der Waals surface area (Å²) in [5.41, 5.74) is 0.144. The van der Waals surface area contributed by atoms with E-state index in [-0.39, 0.29) is 5.56 Å². The van der Waals surface area contributed by atoms with Crippen LogP contribution in [-0.2, 0) is 4.79 Å². The fourth-order valence-electron chi connectivity index (χ4n) is 1.87. The average molecular weight is 351 g/mol. The van der Waals surface area contributed by atoms with Gasteiger partial charge in [0.25, 0.3) is 5.78 Å². The number of Topliss-reactive ketones (excluding diaryl/α,β-unsaturated/α-hetero) is 1. The summed E-state index contributed by atoms with van der Waals surface area (Å²) in [4.78, 5) is 24.0. The lowest BCUT2D eigenvalue weighted by atomic mass is 10.1. The van der Waals surface area contributed by atoms with Crippen molar-refractivity contribution in [1.29, 1.82) is 0 Å². The largest absolute Gasteiger partial charge is 0.475 e. The highest BCUT2D eigenvalue weighted by Crippen LogP contribution is 2.49. The van der Waals surface area contributed by atoms with Crippen molar-refractivity contribution in [2.45, 2.75) is 9.79 Å². The van der Waals surface area contributed by atoms with Crippen LogP contribution in [0, 0.1) is 0 Å². The van der Waals surface area contributed by atoms with Gasteiger partial charge in [-0.3, -0.25) is 4.79 Å². The van der Waals surface area contributed by atoms with Crippen molar-refractivity contribution in [1.82, 2.24) is 0 Å². The molecule has 0 bridgehead atoms. The topological polar surface area (TPSA) is 63.6 Å². The molecule has 1 N–H and O–H groups in total. The maximum absolute atomic E-state index is 11.7. The van der Waals surface area contributed by atoms with E-state index in [1.54, 1.807) is 12.1 Å². The fraction of sp³-hybridized carbons (Fsp3) is 0. The van der Waals surface area contributed by atoms with Crippen molar-refractivity contribution in [2.75, 3.05) is 0 Å². The minimum absolute atomic E-state index is 0.144. The molecule has 2 aromatic rings. The zero-order valence-corrected chi connectivity index (χ0v) is 12.3. The molecule has 0 fully saturated rings. The summed E-state index contributed by atoms with van der Waals surface area (Å²) >= 11 is 4.70. The molecule has 4 nitrogen and oxygen atoms in total. The quantitative estimate of drug-likeness (QED) is 0.559. The molecule has 0 atom stereocenters. The van der Waals surface area contributed by atoms with Gasteiger partial charge < -0.3 is 9.84 Å². The molecule has 0 spiro atoms. The molecule has 6 heteroatoms. The maximum atomic E-state index is 11.7. The van der Waals surface area contributed by atoms with Gasteiger partial charge in [0.05, 0.1) is 9.79 Å². The second-order valence-corrected chi connectivity index (χ2v) is 6.03. The van der Waals surface area contributed by atoms with Gasteiger partial charge in [0.1, 0.15) is 11.5 Å². The van der Waals surface area contributed by atoms with E-state index in [1.165, 1.54) is 17.8 Å². The minimum atomic E-state index is -1.47. The molecule has 2 aromatic carbocycles. The molecule has 3 rings (SSSR count). The summed E-state index contributed by atoms with van der Waals surface area (Å²) in [5, 5.41) is 8.87. The molecule has 0 saturated carbocycles. The Hall–Kier alpha value is -1.79. The lowest BCUT2D eigenvalue weighted by Gasteiger charge is -2.21. The molecule has 0 aromatic heterocycles. The Labute approximate surface area is 126 Å². The molecular weight excluding hydrogens is 344 g/mol. The summed E-state index contributed by atoms with van der Waals surface area (Å²) in [6.07, 6.45) is 0. The van der Waals surface area contributed by atoms with E-state index in [1.807, 2.05) is 18.2 Å². The zero-order chi connectivity index (χ0) is 14.3. The number of ketones is 1. The van der Waals surface area contributed by atoms with E-state index in [4.69, 9.17) is 9.84 Å². The van der Waals surface area contributed by atoms with Crippen molar-refractivity contribution in [3.63, 3.8) is 0 Å². The molecule has 1 heterocycles. The van der Waals surface area contributed by atoms with Gasteiger partial charge in [-0.25, -0.2) is 4.79 Å². The first kappa shape index (κ1) is 13.2. The highest BCUT2D eigenvalue weighted by molar-refractivity contribution is 9.10. The van der Waals surface area contributed by atoms with Crippen LogP contribution in [-0.4, -0.2) is 16.9 Å². The Balaban J connectivity index is 2.11. The van der Waals surface area contributed by atoms with Crippen molar-refractivity contribution >= 4 is 39.4 Å². The van der Waals surface area contributed by atoms with Crippen LogP contribution in [0.3, 0.4) is 0 Å². The van der Waals surface area contributed by atoms with Gasteiger partial charge in [0, 0.05) is 10.0 Å². The number of carboxylic acid groups (broad SMARTS) is 1. The number of carbonyl (C=O) groups is 2. The summed E-state index contributed by atoms with van der Waals surface area (Å²) in [5.74, 6) is -1.22. The number of carbonyl (C=O) groups excluding carboxylic acids is 1. The van der Waals surface area contributed by atoms with Crippen LogP contribution in [0.25, 0.3) is 0 Å². The molecule has 100 valence electrons. The van der Waals surface area contributed by atoms with Gasteiger partial charge in [-0.05, 0) is 30.3 Å². The van der Waals surface area contributed by atoms with Gasteiger partial charge >= 0.3 is 5.97 Å². The first-order valence-electron chi connectivity index (χ1n) is 5.62. The van der Waals surface area contributed by atoms with Crippen LogP contribution in [0.4, 0.5) is 0 Å². The predicted molar refractivity (Wildman–Crippen MR) is 76.7 cm³/mol. The Bertz CT molecular complexity index is 742. The molecule has 1 aliphatic heterocycles. The Morgan fingerprint density at radius 2 is 1.95 bits per heavy atom. The number of fused-ring (bicyclic) bond motifs is 2. The third-order valence-electron chi connectivity index (χ3n) is 2.76. The van der Waals surface area contributed by atoms with E-state index in [0.29, 0.717) is 16.4 Å². The third-order valence-corrected chi connectivity index (χ3v) is 4.41. The summed E-state index contributed by atoms with van der Waals surface area (Å²) in [6, 6.07) is 10.4. The van der Waals surface area contributed by atoms with Crippen LogP contribution < -0.4 is 4.74 Å². The van der Waals surface area contributed by atoms with Gasteiger partial charge in [-0.1, -0.05) is 33.8 Å². The first-order chi connectivity index (χ1) is 9.56. The van der Waals surface area contributed by atoms with Crippen LogP contribution >= 0.6 is 27.7 Å². The SMILES string of the molecule is O=C(O)C(=O)c1cccc2c1Sc1cc(Br)ccc1O2. The van der Waals surface area contributed by atoms with Gasteiger partial charge in [0.15, 0.2) is 0 Å². The number of benzene rings is 2. The van der Waals surface area contributed by atoms with Crippen molar-refractivity contribution in [3.8, 4) is 11.5 Å². The summed E-state index contributed by atoms with van der Waals surface area (Å²) in [6.45, 7) is 0. The van der Waals surface area contributed by atoms with Crippen molar-refractivity contribution < 1.29 is 19.4 Å². The monoisotopic (exact) mass is 350 g/mol. The number of aliphatic carboxylic acids is 1.